The number of hydrogen-bond donors (Lipinski definition) is 0. The smallest absolute Gasteiger partial charge is 0.201 e. The Morgan fingerprint density at radius 3 is 2.08 bits per heavy atom. The van der Waals surface area contributed by atoms with Gasteiger partial charge < -0.3 is 9.47 Å². The van der Waals surface area contributed by atoms with Gasteiger partial charge in [-0.3, -0.25) is 0 Å². The molecule has 0 aliphatic carbocycles. The van der Waals surface area contributed by atoms with Gasteiger partial charge in [-0.1, -0.05) is 75.1 Å². The maximum absolute atomic E-state index is 15.2. The van der Waals surface area contributed by atoms with Gasteiger partial charge in [0.2, 0.25) is 5.82 Å². The minimum Gasteiger partial charge on any atom is -0.490 e. The van der Waals surface area contributed by atoms with Crippen molar-refractivity contribution in [3.8, 4) is 28.0 Å². The summed E-state index contributed by atoms with van der Waals surface area (Å²) < 4.78 is 71.2. The second kappa shape index (κ2) is 14.5. The first-order valence-corrected chi connectivity index (χ1v) is 14.4. The Labute approximate surface area is 235 Å². The van der Waals surface area contributed by atoms with Gasteiger partial charge in [0.15, 0.2) is 23.2 Å². The number of rotatable bonds is 13. The zero-order valence-electron chi connectivity index (χ0n) is 23.2. The number of halogens is 4. The Morgan fingerprint density at radius 1 is 0.800 bits per heavy atom. The first-order chi connectivity index (χ1) is 19.4. The zero-order chi connectivity index (χ0) is 28.5. The lowest BCUT2D eigenvalue weighted by Gasteiger charge is -2.29. The van der Waals surface area contributed by atoms with E-state index in [4.69, 9.17) is 9.47 Å². The average Bonchev–Trinajstić information content (AvgIpc) is 2.98. The highest BCUT2D eigenvalue weighted by atomic mass is 19.2. The van der Waals surface area contributed by atoms with E-state index in [1.165, 1.54) is 12.1 Å². The summed E-state index contributed by atoms with van der Waals surface area (Å²) in [7, 11) is 0. The number of unbranched alkanes of at least 4 members (excludes halogenated alkanes) is 4. The van der Waals surface area contributed by atoms with E-state index < -0.39 is 23.3 Å². The second-order valence-corrected chi connectivity index (χ2v) is 10.5. The summed E-state index contributed by atoms with van der Waals surface area (Å²) in [6.07, 6.45) is 10.4. The van der Waals surface area contributed by atoms with Crippen LogP contribution in [0.4, 0.5) is 17.6 Å². The molecule has 0 N–H and O–H groups in total. The van der Waals surface area contributed by atoms with Crippen molar-refractivity contribution >= 4 is 0 Å². The largest absolute Gasteiger partial charge is 0.490 e. The maximum atomic E-state index is 15.2. The molecule has 1 saturated heterocycles. The number of allylic oxidation sites excluding steroid dienone is 1. The molecule has 2 atom stereocenters. The average molecular weight is 555 g/mol. The molecule has 1 aliphatic heterocycles. The van der Waals surface area contributed by atoms with Crippen LogP contribution in [0.2, 0.25) is 0 Å². The summed E-state index contributed by atoms with van der Waals surface area (Å²) in [5.74, 6) is -4.13. The summed E-state index contributed by atoms with van der Waals surface area (Å²) in [4.78, 5) is 0. The molecule has 0 spiro atoms. The molecule has 0 saturated carbocycles. The molecular formula is C34H38F4O2. The van der Waals surface area contributed by atoms with Crippen molar-refractivity contribution in [1.82, 2.24) is 0 Å². The van der Waals surface area contributed by atoms with Gasteiger partial charge in [-0.25, -0.2) is 13.2 Å². The van der Waals surface area contributed by atoms with Gasteiger partial charge in [0.25, 0.3) is 0 Å². The summed E-state index contributed by atoms with van der Waals surface area (Å²) in [5.41, 5.74) is 1.38. The molecule has 0 aromatic heterocycles. The fourth-order valence-corrected chi connectivity index (χ4v) is 5.27. The Morgan fingerprint density at radius 2 is 1.45 bits per heavy atom. The fraction of sp³-hybridized carbons (Fsp3) is 0.412. The topological polar surface area (TPSA) is 18.5 Å². The third-order valence-electron chi connectivity index (χ3n) is 7.67. The maximum Gasteiger partial charge on any atom is 0.201 e. The van der Waals surface area contributed by atoms with Crippen molar-refractivity contribution in [2.75, 3.05) is 13.2 Å². The molecular weight excluding hydrogens is 516 g/mol. The minimum absolute atomic E-state index is 0.0741. The normalized spacial score (nSPS) is 17.1. The van der Waals surface area contributed by atoms with Gasteiger partial charge in [0, 0.05) is 17.0 Å². The predicted octanol–water partition coefficient (Wildman–Crippen LogP) is 10.2. The van der Waals surface area contributed by atoms with Crippen LogP contribution in [0.5, 0.6) is 5.75 Å². The van der Waals surface area contributed by atoms with E-state index in [9.17, 15) is 8.78 Å². The Hall–Kier alpha value is -3.12. The van der Waals surface area contributed by atoms with Gasteiger partial charge in [0.1, 0.15) is 0 Å². The molecule has 4 rings (SSSR count). The molecule has 40 heavy (non-hydrogen) atoms. The van der Waals surface area contributed by atoms with Gasteiger partial charge in [-0.05, 0) is 60.9 Å². The molecule has 1 fully saturated rings. The quantitative estimate of drug-likeness (QED) is 0.119. The van der Waals surface area contributed by atoms with Crippen LogP contribution < -0.4 is 4.74 Å². The Balaban J connectivity index is 1.43. The minimum atomic E-state index is -1.03. The van der Waals surface area contributed by atoms with E-state index in [1.54, 1.807) is 36.4 Å². The molecule has 1 aliphatic rings. The predicted molar refractivity (Wildman–Crippen MR) is 153 cm³/mol. The van der Waals surface area contributed by atoms with E-state index in [2.05, 4.69) is 13.5 Å². The molecule has 214 valence electrons. The van der Waals surface area contributed by atoms with Crippen LogP contribution >= 0.6 is 0 Å². The lowest BCUT2D eigenvalue weighted by atomic mass is 9.88. The SMILES string of the molecule is C=CCCC1CCC(c2ccc(-c3ccc(-c4ccc(OCCCCCCC)c(F)c4F)cc3)c(F)c2F)CO1. The van der Waals surface area contributed by atoms with Crippen LogP contribution in [0.25, 0.3) is 22.3 Å². The van der Waals surface area contributed by atoms with Crippen molar-refractivity contribution in [2.24, 2.45) is 0 Å². The molecule has 6 heteroatoms. The summed E-state index contributed by atoms with van der Waals surface area (Å²) in [5, 5.41) is 0. The first-order valence-electron chi connectivity index (χ1n) is 14.4. The number of ether oxygens (including phenoxy) is 2. The number of benzene rings is 3. The van der Waals surface area contributed by atoms with E-state index in [0.29, 0.717) is 29.9 Å². The third kappa shape index (κ3) is 7.14. The molecule has 1 heterocycles. The van der Waals surface area contributed by atoms with Crippen LogP contribution in [0, 0.1) is 23.3 Å². The highest BCUT2D eigenvalue weighted by Gasteiger charge is 2.27. The van der Waals surface area contributed by atoms with Gasteiger partial charge >= 0.3 is 0 Å². The van der Waals surface area contributed by atoms with E-state index in [1.807, 2.05) is 6.08 Å². The van der Waals surface area contributed by atoms with Crippen LogP contribution in [0.3, 0.4) is 0 Å². The summed E-state index contributed by atoms with van der Waals surface area (Å²) in [6, 6.07) is 12.4. The highest BCUT2D eigenvalue weighted by molar-refractivity contribution is 5.72. The third-order valence-corrected chi connectivity index (χ3v) is 7.67. The molecule has 0 radical (unpaired) electrons. The highest BCUT2D eigenvalue weighted by Crippen LogP contribution is 2.36. The van der Waals surface area contributed by atoms with Gasteiger partial charge in [0.05, 0.1) is 19.3 Å². The van der Waals surface area contributed by atoms with Gasteiger partial charge in [-0.2, -0.15) is 4.39 Å². The number of hydrogen-bond acceptors (Lipinski definition) is 2. The molecule has 3 aromatic rings. The van der Waals surface area contributed by atoms with E-state index >= 15 is 8.78 Å². The van der Waals surface area contributed by atoms with Gasteiger partial charge in [-0.15, -0.1) is 6.58 Å². The molecule has 0 bridgehead atoms. The van der Waals surface area contributed by atoms with E-state index in [-0.39, 0.29) is 28.9 Å². The van der Waals surface area contributed by atoms with Crippen LogP contribution in [0.1, 0.15) is 76.2 Å². The van der Waals surface area contributed by atoms with Crippen molar-refractivity contribution in [3.63, 3.8) is 0 Å². The second-order valence-electron chi connectivity index (χ2n) is 10.5. The lowest BCUT2D eigenvalue weighted by Crippen LogP contribution is -2.25. The molecule has 3 aromatic carbocycles. The van der Waals surface area contributed by atoms with Crippen molar-refractivity contribution in [2.45, 2.75) is 76.7 Å². The van der Waals surface area contributed by atoms with Crippen molar-refractivity contribution < 1.29 is 27.0 Å². The standard InChI is InChI=1S/C34H38F4O2/c1-3-5-7-8-9-21-39-30-20-19-28(33(37)34(30)38)24-13-11-23(12-14-24)27-17-18-29(32(36)31(27)35)25-15-16-26(40-22-25)10-6-4-2/h4,11-14,17-20,25-26H,2-3,5-10,15-16,21-22H2,1H3. The zero-order valence-corrected chi connectivity index (χ0v) is 23.2. The molecule has 2 nitrogen and oxygen atoms in total. The Kier molecular flexibility index (Phi) is 10.8. The van der Waals surface area contributed by atoms with Crippen molar-refractivity contribution in [1.29, 1.82) is 0 Å². The molecule has 2 unspecified atom stereocenters. The fourth-order valence-electron chi connectivity index (χ4n) is 5.27. The van der Waals surface area contributed by atoms with Crippen LogP contribution in [-0.4, -0.2) is 19.3 Å². The van der Waals surface area contributed by atoms with Crippen LogP contribution in [0.15, 0.2) is 61.2 Å². The van der Waals surface area contributed by atoms with Crippen molar-refractivity contribution in [3.05, 3.63) is 90.0 Å². The van der Waals surface area contributed by atoms with E-state index in [0.717, 1.165) is 57.8 Å². The molecule has 0 amide bonds. The monoisotopic (exact) mass is 554 g/mol. The summed E-state index contributed by atoms with van der Waals surface area (Å²) in [6.45, 7) is 6.55. The Bertz CT molecular complexity index is 1260. The lowest BCUT2D eigenvalue weighted by molar-refractivity contribution is -0.000881. The summed E-state index contributed by atoms with van der Waals surface area (Å²) >= 11 is 0. The van der Waals surface area contributed by atoms with Crippen LogP contribution in [-0.2, 0) is 4.74 Å². The first kappa shape index (κ1) is 29.9.